The summed E-state index contributed by atoms with van der Waals surface area (Å²) in [4.78, 5) is 102. The topological polar surface area (TPSA) is 197 Å². The number of likely N-dealkylation sites (N-methyl/N-ethyl adjacent to an activating group) is 1. The van der Waals surface area contributed by atoms with Gasteiger partial charge in [-0.25, -0.2) is 4.98 Å². The van der Waals surface area contributed by atoms with Gasteiger partial charge in [0.05, 0.1) is 42.7 Å². The molecule has 7 unspecified atom stereocenters. The van der Waals surface area contributed by atoms with Crippen LogP contribution in [0, 0.1) is 17.8 Å². The highest BCUT2D eigenvalue weighted by molar-refractivity contribution is 7.09. The highest BCUT2D eigenvalue weighted by Crippen LogP contribution is 2.31. The predicted molar refractivity (Wildman–Crippen MR) is 253 cm³/mol. The van der Waals surface area contributed by atoms with Gasteiger partial charge in [-0.3, -0.25) is 38.5 Å². The monoisotopic (exact) mass is 936 g/mol. The first-order chi connectivity index (χ1) is 31.3. The first-order valence-electron chi connectivity index (χ1n) is 23.4. The maximum atomic E-state index is 14.5. The van der Waals surface area contributed by atoms with Crippen LogP contribution in [0.1, 0.15) is 116 Å². The van der Waals surface area contributed by atoms with E-state index in [0.29, 0.717) is 45.1 Å². The van der Waals surface area contributed by atoms with E-state index in [4.69, 9.17) is 9.47 Å². The number of benzene rings is 1. The summed E-state index contributed by atoms with van der Waals surface area (Å²) in [5.41, 5.74) is -0.281. The minimum atomic E-state index is -1.35. The van der Waals surface area contributed by atoms with Crippen LogP contribution in [-0.4, -0.2) is 131 Å². The highest BCUT2D eigenvalue weighted by atomic mass is 32.1. The molecule has 364 valence electrons. The third kappa shape index (κ3) is 14.3. The number of aromatic nitrogens is 1. The van der Waals surface area contributed by atoms with Crippen LogP contribution in [0.2, 0.25) is 0 Å². The smallest absolute Gasteiger partial charge is 0.253 e. The lowest BCUT2D eigenvalue weighted by Crippen LogP contribution is -2.62. The largest absolute Gasteiger partial charge is 0.379 e. The van der Waals surface area contributed by atoms with E-state index in [1.807, 2.05) is 70.3 Å². The quantitative estimate of drug-likeness (QED) is 0.0855. The van der Waals surface area contributed by atoms with Crippen molar-refractivity contribution in [3.63, 3.8) is 0 Å². The standard InChI is InChI=1S/C49H73N7O9S/c1-11-32(4)43(54(8)47(62)42(31(2)3)52-48(63)49(6,7)53-38(57)22-16-13-17-26-56-39(58)23-24-40(56)59)37(64-9)30-41(60)55-27-18-21-36(55)44(65-10)33(5)45(61)51-35(46-50-25-28-66-46)29-34-19-14-12-15-20-34/h12,14-15,19-20,23-25,28,31-33,35-37,42-44H,11,13,16-18,21-22,26-27,29-30H2,1-10H3,(H,51,61)(H,52,63)(H,53,57)/t32?,33?,35?,36-,37?,42?,43?,44?/m0/s1. The van der Waals surface area contributed by atoms with Crippen LogP contribution >= 0.6 is 11.3 Å². The van der Waals surface area contributed by atoms with Gasteiger partial charge in [0.15, 0.2) is 0 Å². The number of carbonyl (C=O) groups excluding carboxylic acids is 7. The lowest BCUT2D eigenvalue weighted by Gasteiger charge is -2.41. The molecule has 17 heteroatoms. The molecular formula is C49H73N7O9S. The number of hydrogen-bond acceptors (Lipinski definition) is 11. The molecule has 3 heterocycles. The fraction of sp³-hybridized carbons (Fsp3) is 0.633. The molecule has 0 radical (unpaired) electrons. The molecule has 1 aromatic carbocycles. The minimum Gasteiger partial charge on any atom is -0.379 e. The molecule has 8 atom stereocenters. The molecule has 4 rings (SSSR count). The van der Waals surface area contributed by atoms with Crippen LogP contribution in [0.15, 0.2) is 54.1 Å². The van der Waals surface area contributed by atoms with Crippen molar-refractivity contribution in [1.29, 1.82) is 0 Å². The lowest BCUT2D eigenvalue weighted by molar-refractivity contribution is -0.148. The number of ether oxygens (including phenoxy) is 2. The van der Waals surface area contributed by atoms with E-state index in [2.05, 4.69) is 20.9 Å². The number of unbranched alkanes of at least 4 members (excludes halogenated alkanes) is 2. The van der Waals surface area contributed by atoms with Gasteiger partial charge in [-0.2, -0.15) is 0 Å². The summed E-state index contributed by atoms with van der Waals surface area (Å²) in [7, 11) is 4.78. The molecule has 0 saturated carbocycles. The second-order valence-electron chi connectivity index (χ2n) is 18.6. The number of likely N-dealkylation sites (tertiary alicyclic amines) is 1. The number of imide groups is 1. The Hall–Kier alpha value is -5.00. The Labute approximate surface area is 395 Å². The van der Waals surface area contributed by atoms with Gasteiger partial charge >= 0.3 is 0 Å². The maximum absolute atomic E-state index is 14.5. The number of carbonyl (C=O) groups is 7. The Bertz CT molecular complexity index is 1960. The summed E-state index contributed by atoms with van der Waals surface area (Å²) >= 11 is 1.49. The molecule has 16 nitrogen and oxygen atoms in total. The number of thiazole rings is 1. The summed E-state index contributed by atoms with van der Waals surface area (Å²) in [6, 6.07) is 7.73. The average Bonchev–Trinajstić information content (AvgIpc) is 4.07. The first kappa shape index (κ1) is 53.6. The van der Waals surface area contributed by atoms with Gasteiger partial charge in [-0.1, -0.05) is 77.8 Å². The molecule has 66 heavy (non-hydrogen) atoms. The van der Waals surface area contributed by atoms with E-state index >= 15 is 0 Å². The molecule has 0 aliphatic carbocycles. The molecular weight excluding hydrogens is 863 g/mol. The molecule has 2 aliphatic rings. The van der Waals surface area contributed by atoms with Crippen LogP contribution in [0.4, 0.5) is 0 Å². The molecule has 1 aromatic heterocycles. The number of hydrogen-bond donors (Lipinski definition) is 3. The van der Waals surface area contributed by atoms with Gasteiger partial charge in [0.25, 0.3) is 11.8 Å². The fourth-order valence-electron chi connectivity index (χ4n) is 8.97. The number of amides is 7. The van der Waals surface area contributed by atoms with E-state index in [1.54, 1.807) is 44.0 Å². The van der Waals surface area contributed by atoms with Crippen molar-refractivity contribution in [1.82, 2.24) is 35.6 Å². The zero-order chi connectivity index (χ0) is 48.7. The number of nitrogens with one attached hydrogen (secondary N) is 3. The van der Waals surface area contributed by atoms with E-state index < -0.39 is 41.7 Å². The molecule has 2 aromatic rings. The van der Waals surface area contributed by atoms with E-state index in [-0.39, 0.29) is 78.7 Å². The molecule has 7 amide bonds. The lowest BCUT2D eigenvalue weighted by atomic mass is 9.89. The minimum absolute atomic E-state index is 0.0245. The maximum Gasteiger partial charge on any atom is 0.253 e. The van der Waals surface area contributed by atoms with Gasteiger partial charge < -0.3 is 35.2 Å². The third-order valence-electron chi connectivity index (χ3n) is 13.0. The fourth-order valence-corrected chi connectivity index (χ4v) is 9.66. The molecule has 2 aliphatic heterocycles. The Balaban J connectivity index is 1.39. The zero-order valence-electron chi connectivity index (χ0n) is 40.5. The van der Waals surface area contributed by atoms with Gasteiger partial charge in [0.2, 0.25) is 29.5 Å². The van der Waals surface area contributed by atoms with Gasteiger partial charge in [-0.05, 0) is 63.4 Å². The van der Waals surface area contributed by atoms with Crippen molar-refractivity contribution in [3.05, 3.63) is 64.6 Å². The summed E-state index contributed by atoms with van der Waals surface area (Å²) in [6.07, 6.45) is 7.33. The Kier molecular flexibility index (Phi) is 20.5. The van der Waals surface area contributed by atoms with Gasteiger partial charge in [-0.15, -0.1) is 11.3 Å². The Morgan fingerprint density at radius 3 is 2.23 bits per heavy atom. The number of methoxy groups -OCH3 is 2. The van der Waals surface area contributed by atoms with Gasteiger partial charge in [0.1, 0.15) is 16.6 Å². The first-order valence-corrected chi connectivity index (χ1v) is 24.2. The second kappa shape index (κ2) is 25.2. The molecule has 3 N–H and O–H groups in total. The van der Waals surface area contributed by atoms with Crippen LogP contribution in [0.5, 0.6) is 0 Å². The summed E-state index contributed by atoms with van der Waals surface area (Å²) in [5, 5.41) is 11.6. The molecule has 0 bridgehead atoms. The van der Waals surface area contributed by atoms with Crippen molar-refractivity contribution in [2.45, 2.75) is 148 Å². The van der Waals surface area contributed by atoms with Crippen LogP contribution in [-0.2, 0) is 49.5 Å². The van der Waals surface area contributed by atoms with E-state index in [1.165, 1.54) is 35.5 Å². The Morgan fingerprint density at radius 1 is 0.955 bits per heavy atom. The second-order valence-corrected chi connectivity index (χ2v) is 19.5. The summed E-state index contributed by atoms with van der Waals surface area (Å²) in [5.74, 6) is -3.29. The average molecular weight is 936 g/mol. The van der Waals surface area contributed by atoms with Crippen LogP contribution in [0.25, 0.3) is 0 Å². The molecule has 1 saturated heterocycles. The number of rotatable bonds is 26. The predicted octanol–water partition coefficient (Wildman–Crippen LogP) is 4.98. The zero-order valence-corrected chi connectivity index (χ0v) is 41.4. The highest BCUT2D eigenvalue weighted by Gasteiger charge is 2.44. The van der Waals surface area contributed by atoms with Crippen LogP contribution < -0.4 is 16.0 Å². The van der Waals surface area contributed by atoms with Crippen molar-refractivity contribution >= 4 is 52.7 Å². The van der Waals surface area contributed by atoms with Crippen molar-refractivity contribution < 1.29 is 43.0 Å². The van der Waals surface area contributed by atoms with Crippen molar-refractivity contribution in [2.24, 2.45) is 17.8 Å². The molecule has 1 fully saturated rings. The van der Waals surface area contributed by atoms with Crippen LogP contribution in [0.3, 0.4) is 0 Å². The summed E-state index contributed by atoms with van der Waals surface area (Å²) < 4.78 is 12.1. The van der Waals surface area contributed by atoms with Crippen molar-refractivity contribution in [3.8, 4) is 0 Å². The summed E-state index contributed by atoms with van der Waals surface area (Å²) in [6.45, 7) is 13.4. The third-order valence-corrected chi connectivity index (χ3v) is 13.9. The normalized spacial score (nSPS) is 18.4. The Morgan fingerprint density at radius 2 is 1.64 bits per heavy atom. The number of nitrogens with zero attached hydrogens (tertiary/aromatic N) is 4. The van der Waals surface area contributed by atoms with E-state index in [9.17, 15) is 33.6 Å². The van der Waals surface area contributed by atoms with Gasteiger partial charge in [0, 0.05) is 64.5 Å². The SMILES string of the molecule is CCC(C)C(C(CC(=O)N1CCC[C@H]1C(OC)C(C)C(=O)NC(Cc1ccccc1)c1nccs1)OC)N(C)C(=O)C(NC(=O)C(C)(C)NC(=O)CCCCCN1C(=O)C=CC1=O)C(C)C. The molecule has 0 spiro atoms. The van der Waals surface area contributed by atoms with Crippen molar-refractivity contribution in [2.75, 3.05) is 34.4 Å². The van der Waals surface area contributed by atoms with E-state index in [0.717, 1.165) is 17.0 Å².